The number of amides is 1. The van der Waals surface area contributed by atoms with Crippen molar-refractivity contribution in [3.05, 3.63) is 60.4 Å². The molecular weight excluding hydrogens is 254 g/mol. The first kappa shape index (κ1) is 13.9. The largest absolute Gasteiger partial charge is 0.489 e. The molecular formula is C15H17N3O2. The number of benzene rings is 1. The molecule has 5 heteroatoms. The second kappa shape index (κ2) is 6.56. The maximum absolute atomic E-state index is 12.4. The lowest BCUT2D eigenvalue weighted by atomic mass is 10.1. The van der Waals surface area contributed by atoms with Crippen LogP contribution in [0.2, 0.25) is 0 Å². The van der Waals surface area contributed by atoms with Crippen LogP contribution < -0.4 is 4.74 Å². The number of aromatic amines is 1. The lowest BCUT2D eigenvalue weighted by molar-refractivity contribution is 0.0781. The van der Waals surface area contributed by atoms with Crippen LogP contribution in [0.5, 0.6) is 5.75 Å². The van der Waals surface area contributed by atoms with Gasteiger partial charge >= 0.3 is 0 Å². The number of carbonyl (C=O) groups is 1. The summed E-state index contributed by atoms with van der Waals surface area (Å²) in [6.07, 6.45) is 5.12. The molecule has 0 fully saturated rings. The molecule has 2 rings (SSSR count). The Morgan fingerprint density at radius 3 is 3.00 bits per heavy atom. The minimum atomic E-state index is -0.0918. The van der Waals surface area contributed by atoms with E-state index in [9.17, 15) is 4.79 Å². The Hall–Kier alpha value is -2.56. The number of H-pyrrole nitrogens is 1. The molecule has 0 aliphatic heterocycles. The van der Waals surface area contributed by atoms with Gasteiger partial charge in [0.25, 0.3) is 5.91 Å². The van der Waals surface area contributed by atoms with Crippen LogP contribution in [0.15, 0.2) is 49.3 Å². The number of para-hydroxylation sites is 1. The van der Waals surface area contributed by atoms with E-state index in [1.807, 2.05) is 12.1 Å². The van der Waals surface area contributed by atoms with Gasteiger partial charge < -0.3 is 9.64 Å². The fourth-order valence-corrected chi connectivity index (χ4v) is 1.83. The zero-order valence-electron chi connectivity index (χ0n) is 11.4. The fraction of sp³-hybridized carbons (Fsp3) is 0.200. The minimum absolute atomic E-state index is 0.0918. The predicted molar refractivity (Wildman–Crippen MR) is 76.5 cm³/mol. The van der Waals surface area contributed by atoms with Crippen LogP contribution >= 0.6 is 0 Å². The molecule has 1 aromatic carbocycles. The van der Waals surface area contributed by atoms with Crippen LogP contribution in [0.1, 0.15) is 15.9 Å². The van der Waals surface area contributed by atoms with E-state index in [-0.39, 0.29) is 5.91 Å². The molecule has 0 bridgehead atoms. The first-order valence-corrected chi connectivity index (χ1v) is 6.28. The molecule has 20 heavy (non-hydrogen) atoms. The summed E-state index contributed by atoms with van der Waals surface area (Å²) in [6.45, 7) is 4.47. The van der Waals surface area contributed by atoms with Crippen LogP contribution in [0.3, 0.4) is 0 Å². The van der Waals surface area contributed by atoms with Gasteiger partial charge in [0.15, 0.2) is 0 Å². The molecule has 1 aromatic heterocycles. The average Bonchev–Trinajstić information content (AvgIpc) is 2.97. The lowest BCUT2D eigenvalue weighted by Crippen LogP contribution is -2.26. The number of ether oxygens (including phenoxy) is 1. The van der Waals surface area contributed by atoms with Gasteiger partial charge in [-0.1, -0.05) is 24.8 Å². The van der Waals surface area contributed by atoms with Gasteiger partial charge in [-0.15, -0.1) is 0 Å². The topological polar surface area (TPSA) is 58.2 Å². The molecule has 1 N–H and O–H groups in total. The summed E-state index contributed by atoms with van der Waals surface area (Å²) in [5.74, 6) is 0.474. The van der Waals surface area contributed by atoms with Gasteiger partial charge in [-0.2, -0.15) is 5.10 Å². The van der Waals surface area contributed by atoms with E-state index in [4.69, 9.17) is 4.74 Å². The molecule has 5 nitrogen and oxygen atoms in total. The average molecular weight is 271 g/mol. The third-order valence-corrected chi connectivity index (χ3v) is 2.80. The van der Waals surface area contributed by atoms with Crippen molar-refractivity contribution in [2.75, 3.05) is 13.7 Å². The Labute approximate surface area is 117 Å². The molecule has 0 aliphatic rings. The predicted octanol–water partition coefficient (Wildman–Crippen LogP) is 2.25. The number of hydrogen-bond donors (Lipinski definition) is 1. The maximum atomic E-state index is 12.4. The van der Waals surface area contributed by atoms with E-state index in [1.54, 1.807) is 42.6 Å². The second-order valence-electron chi connectivity index (χ2n) is 4.36. The molecule has 1 heterocycles. The van der Waals surface area contributed by atoms with Gasteiger partial charge in [0.1, 0.15) is 12.4 Å². The van der Waals surface area contributed by atoms with Gasteiger partial charge in [-0.3, -0.25) is 9.89 Å². The number of hydrogen-bond acceptors (Lipinski definition) is 3. The van der Waals surface area contributed by atoms with E-state index in [0.717, 1.165) is 5.56 Å². The van der Waals surface area contributed by atoms with Crippen molar-refractivity contribution in [3.8, 4) is 5.75 Å². The highest BCUT2D eigenvalue weighted by Crippen LogP contribution is 2.20. The molecule has 0 radical (unpaired) electrons. The van der Waals surface area contributed by atoms with Crippen molar-refractivity contribution in [1.29, 1.82) is 0 Å². The molecule has 0 saturated carbocycles. The fourth-order valence-electron chi connectivity index (χ4n) is 1.83. The molecule has 104 valence electrons. The Morgan fingerprint density at radius 2 is 2.30 bits per heavy atom. The van der Waals surface area contributed by atoms with Crippen LogP contribution in [0.25, 0.3) is 0 Å². The SMILES string of the molecule is C=CCOc1ccccc1C(=O)N(C)Cc1cn[nH]c1. The van der Waals surface area contributed by atoms with Gasteiger partial charge in [0.05, 0.1) is 11.8 Å². The number of nitrogens with zero attached hydrogens (tertiary/aromatic N) is 2. The van der Waals surface area contributed by atoms with E-state index < -0.39 is 0 Å². The van der Waals surface area contributed by atoms with Gasteiger partial charge in [-0.05, 0) is 12.1 Å². The standard InChI is InChI=1S/C15H17N3O2/c1-3-8-20-14-7-5-4-6-13(14)15(19)18(2)11-12-9-16-17-10-12/h3-7,9-10H,1,8,11H2,2H3,(H,16,17). The highest BCUT2D eigenvalue weighted by Gasteiger charge is 2.16. The molecule has 0 spiro atoms. The third kappa shape index (κ3) is 3.26. The van der Waals surface area contributed by atoms with Crippen molar-refractivity contribution in [2.45, 2.75) is 6.54 Å². The number of carbonyl (C=O) groups excluding carboxylic acids is 1. The summed E-state index contributed by atoms with van der Waals surface area (Å²) >= 11 is 0. The monoisotopic (exact) mass is 271 g/mol. The van der Waals surface area contributed by atoms with Crippen LogP contribution in [0.4, 0.5) is 0 Å². The first-order valence-electron chi connectivity index (χ1n) is 6.28. The Morgan fingerprint density at radius 1 is 1.50 bits per heavy atom. The molecule has 0 aliphatic carbocycles. The highest BCUT2D eigenvalue weighted by atomic mass is 16.5. The molecule has 0 saturated heterocycles. The van der Waals surface area contributed by atoms with Crippen LogP contribution in [-0.2, 0) is 6.54 Å². The smallest absolute Gasteiger partial charge is 0.257 e. The lowest BCUT2D eigenvalue weighted by Gasteiger charge is -2.18. The molecule has 0 unspecified atom stereocenters. The van der Waals surface area contributed by atoms with Gasteiger partial charge in [0, 0.05) is 25.4 Å². The summed E-state index contributed by atoms with van der Waals surface area (Å²) in [7, 11) is 1.75. The Bertz CT molecular complexity index is 579. The quantitative estimate of drug-likeness (QED) is 0.820. The van der Waals surface area contributed by atoms with E-state index >= 15 is 0 Å². The Kier molecular flexibility index (Phi) is 4.55. The van der Waals surface area contributed by atoms with Crippen molar-refractivity contribution in [1.82, 2.24) is 15.1 Å². The van der Waals surface area contributed by atoms with Gasteiger partial charge in [0.2, 0.25) is 0 Å². The molecule has 0 atom stereocenters. The Balaban J connectivity index is 2.13. The summed E-state index contributed by atoms with van der Waals surface area (Å²) in [5, 5.41) is 6.60. The second-order valence-corrected chi connectivity index (χ2v) is 4.36. The van der Waals surface area contributed by atoms with E-state index in [0.29, 0.717) is 24.5 Å². The van der Waals surface area contributed by atoms with E-state index in [2.05, 4.69) is 16.8 Å². The minimum Gasteiger partial charge on any atom is -0.489 e. The summed E-state index contributed by atoms with van der Waals surface area (Å²) in [5.41, 5.74) is 1.49. The number of nitrogens with one attached hydrogen (secondary N) is 1. The van der Waals surface area contributed by atoms with Crippen LogP contribution in [0, 0.1) is 0 Å². The maximum Gasteiger partial charge on any atom is 0.257 e. The van der Waals surface area contributed by atoms with Crippen LogP contribution in [-0.4, -0.2) is 34.7 Å². The van der Waals surface area contributed by atoms with Gasteiger partial charge in [-0.25, -0.2) is 0 Å². The van der Waals surface area contributed by atoms with Crippen molar-refractivity contribution in [3.63, 3.8) is 0 Å². The first-order chi connectivity index (χ1) is 9.72. The zero-order chi connectivity index (χ0) is 14.4. The third-order valence-electron chi connectivity index (χ3n) is 2.80. The summed E-state index contributed by atoms with van der Waals surface area (Å²) in [4.78, 5) is 14.1. The van der Waals surface area contributed by atoms with Crippen molar-refractivity contribution < 1.29 is 9.53 Å². The number of rotatable bonds is 6. The highest BCUT2D eigenvalue weighted by molar-refractivity contribution is 5.96. The summed E-state index contributed by atoms with van der Waals surface area (Å²) in [6, 6.07) is 7.19. The summed E-state index contributed by atoms with van der Waals surface area (Å²) < 4.78 is 5.51. The molecule has 2 aromatic rings. The number of aromatic nitrogens is 2. The molecule has 1 amide bonds. The van der Waals surface area contributed by atoms with Crippen molar-refractivity contribution >= 4 is 5.91 Å². The zero-order valence-corrected chi connectivity index (χ0v) is 11.4. The normalized spacial score (nSPS) is 10.1. The van der Waals surface area contributed by atoms with Crippen molar-refractivity contribution in [2.24, 2.45) is 0 Å². The van der Waals surface area contributed by atoms with E-state index in [1.165, 1.54) is 0 Å².